The molecule has 2 unspecified atom stereocenters. The molecule has 60 valence electrons. The summed E-state index contributed by atoms with van der Waals surface area (Å²) in [7, 11) is 0. The van der Waals surface area contributed by atoms with Gasteiger partial charge in [0, 0.05) is 13.1 Å². The second-order valence-electron chi connectivity index (χ2n) is 2.36. The zero-order valence-corrected chi connectivity index (χ0v) is 5.79. The van der Waals surface area contributed by atoms with Crippen molar-refractivity contribution in [3.8, 4) is 0 Å². The summed E-state index contributed by atoms with van der Waals surface area (Å²) < 4.78 is 5.16. The molecule has 0 bridgehead atoms. The Bertz CT molecular complexity index is 93.0. The van der Waals surface area contributed by atoms with Crippen LogP contribution in [-0.4, -0.2) is 48.7 Å². The monoisotopic (exact) mass is 147 g/mol. The van der Waals surface area contributed by atoms with Gasteiger partial charge in [-0.15, -0.1) is 0 Å². The smallest absolute Gasteiger partial charge is 0.104 e. The van der Waals surface area contributed by atoms with Gasteiger partial charge in [0.15, 0.2) is 0 Å². The van der Waals surface area contributed by atoms with Gasteiger partial charge in [-0.25, -0.2) is 0 Å². The van der Waals surface area contributed by atoms with E-state index < -0.39 is 6.10 Å². The Morgan fingerprint density at radius 3 is 3.00 bits per heavy atom. The molecule has 0 radical (unpaired) electrons. The third-order valence-electron chi connectivity index (χ3n) is 1.57. The largest absolute Gasteiger partial charge is 0.394 e. The maximum Gasteiger partial charge on any atom is 0.104 e. The number of aliphatic hydroxyl groups excluding tert-OH is 2. The third kappa shape index (κ3) is 1.91. The number of morpholine rings is 1. The van der Waals surface area contributed by atoms with Gasteiger partial charge in [0.05, 0.1) is 19.3 Å². The van der Waals surface area contributed by atoms with Gasteiger partial charge in [-0.1, -0.05) is 0 Å². The highest BCUT2D eigenvalue weighted by Gasteiger charge is 2.20. The van der Waals surface area contributed by atoms with Crippen molar-refractivity contribution >= 4 is 0 Å². The molecule has 1 rings (SSSR count). The summed E-state index contributed by atoms with van der Waals surface area (Å²) >= 11 is 0. The minimum atomic E-state index is -0.743. The van der Waals surface area contributed by atoms with Crippen LogP contribution in [0.15, 0.2) is 0 Å². The van der Waals surface area contributed by atoms with Crippen LogP contribution in [0.25, 0.3) is 0 Å². The Morgan fingerprint density at radius 1 is 1.70 bits per heavy atom. The highest BCUT2D eigenvalue weighted by atomic mass is 16.5. The Balaban J connectivity index is 2.24. The zero-order valence-electron chi connectivity index (χ0n) is 5.79. The molecule has 0 aromatic heterocycles. The molecule has 1 aliphatic heterocycles. The lowest BCUT2D eigenvalue weighted by molar-refractivity contribution is -0.0698. The van der Waals surface area contributed by atoms with Crippen molar-refractivity contribution in [2.45, 2.75) is 12.2 Å². The zero-order chi connectivity index (χ0) is 7.40. The quantitative estimate of drug-likeness (QED) is 0.437. The van der Waals surface area contributed by atoms with E-state index in [1.54, 1.807) is 0 Å². The fourth-order valence-corrected chi connectivity index (χ4v) is 0.950. The summed E-state index contributed by atoms with van der Waals surface area (Å²) in [5, 5.41) is 20.7. The number of ether oxygens (including phenoxy) is 1. The molecular weight excluding hydrogens is 134 g/mol. The van der Waals surface area contributed by atoms with Gasteiger partial charge in [-0.2, -0.15) is 0 Å². The molecule has 1 saturated heterocycles. The van der Waals surface area contributed by atoms with Crippen LogP contribution in [0.5, 0.6) is 0 Å². The molecule has 0 saturated carbocycles. The predicted molar refractivity (Wildman–Crippen MR) is 35.7 cm³/mol. The second-order valence-corrected chi connectivity index (χ2v) is 2.36. The van der Waals surface area contributed by atoms with E-state index in [0.29, 0.717) is 13.2 Å². The van der Waals surface area contributed by atoms with Gasteiger partial charge in [-0.3, -0.25) is 0 Å². The summed E-state index contributed by atoms with van der Waals surface area (Å²) in [6.45, 7) is 1.84. The molecule has 0 aromatic rings. The van der Waals surface area contributed by atoms with Gasteiger partial charge in [0.2, 0.25) is 0 Å². The van der Waals surface area contributed by atoms with E-state index in [0.717, 1.165) is 6.54 Å². The van der Waals surface area contributed by atoms with Gasteiger partial charge in [-0.05, 0) is 0 Å². The lowest BCUT2D eigenvalue weighted by Crippen LogP contribution is -2.46. The van der Waals surface area contributed by atoms with Crippen molar-refractivity contribution < 1.29 is 14.9 Å². The Labute approximate surface area is 59.8 Å². The summed E-state index contributed by atoms with van der Waals surface area (Å²) in [4.78, 5) is 0. The highest BCUT2D eigenvalue weighted by Crippen LogP contribution is 2.00. The van der Waals surface area contributed by atoms with Gasteiger partial charge in [0.25, 0.3) is 0 Å². The fourth-order valence-electron chi connectivity index (χ4n) is 0.950. The van der Waals surface area contributed by atoms with Gasteiger partial charge >= 0.3 is 0 Å². The molecule has 1 fully saturated rings. The van der Waals surface area contributed by atoms with Crippen molar-refractivity contribution in [3.05, 3.63) is 0 Å². The molecular formula is C6H13NO3. The molecule has 0 amide bonds. The molecule has 1 aliphatic rings. The van der Waals surface area contributed by atoms with Crippen LogP contribution in [0.3, 0.4) is 0 Å². The van der Waals surface area contributed by atoms with Crippen LogP contribution >= 0.6 is 0 Å². The lowest BCUT2D eigenvalue weighted by atomic mass is 10.2. The van der Waals surface area contributed by atoms with Gasteiger partial charge < -0.3 is 20.3 Å². The average Bonchev–Trinajstić information content (AvgIpc) is 2.05. The first kappa shape index (κ1) is 7.94. The maximum atomic E-state index is 9.07. The molecule has 0 aliphatic carbocycles. The molecule has 4 nitrogen and oxygen atoms in total. The number of nitrogens with one attached hydrogen (secondary N) is 1. The van der Waals surface area contributed by atoms with Crippen LogP contribution in [0, 0.1) is 0 Å². The van der Waals surface area contributed by atoms with E-state index in [9.17, 15) is 0 Å². The summed E-state index contributed by atoms with van der Waals surface area (Å²) in [6, 6.07) is 0. The van der Waals surface area contributed by atoms with E-state index in [1.165, 1.54) is 0 Å². The molecule has 10 heavy (non-hydrogen) atoms. The SMILES string of the molecule is OCC(O)C1CNCCO1. The topological polar surface area (TPSA) is 61.7 Å². The first-order chi connectivity index (χ1) is 4.84. The average molecular weight is 147 g/mol. The lowest BCUT2D eigenvalue weighted by Gasteiger charge is -2.26. The van der Waals surface area contributed by atoms with Gasteiger partial charge in [0.1, 0.15) is 6.10 Å². The third-order valence-corrected chi connectivity index (χ3v) is 1.57. The van der Waals surface area contributed by atoms with Crippen molar-refractivity contribution in [1.82, 2.24) is 5.32 Å². The maximum absolute atomic E-state index is 9.07. The molecule has 3 N–H and O–H groups in total. The summed E-state index contributed by atoms with van der Waals surface area (Å²) in [6.07, 6.45) is -0.980. The summed E-state index contributed by atoms with van der Waals surface area (Å²) in [5.41, 5.74) is 0. The van der Waals surface area contributed by atoms with Crippen molar-refractivity contribution in [1.29, 1.82) is 0 Å². The fraction of sp³-hybridized carbons (Fsp3) is 1.00. The summed E-state index contributed by atoms with van der Waals surface area (Å²) in [5.74, 6) is 0. The molecule has 0 aromatic carbocycles. The van der Waals surface area contributed by atoms with Crippen molar-refractivity contribution in [2.75, 3.05) is 26.3 Å². The van der Waals surface area contributed by atoms with E-state index in [4.69, 9.17) is 14.9 Å². The standard InChI is InChI=1S/C6H13NO3/c8-4-5(9)6-3-7-1-2-10-6/h5-9H,1-4H2. The predicted octanol–water partition coefficient (Wildman–Crippen LogP) is -1.67. The van der Waals surface area contributed by atoms with Crippen LogP contribution in [0.4, 0.5) is 0 Å². The molecule has 1 heterocycles. The van der Waals surface area contributed by atoms with Crippen LogP contribution in [0.1, 0.15) is 0 Å². The van der Waals surface area contributed by atoms with Crippen LogP contribution in [0.2, 0.25) is 0 Å². The number of rotatable bonds is 2. The Hall–Kier alpha value is -0.160. The number of hydrogen-bond acceptors (Lipinski definition) is 4. The van der Waals surface area contributed by atoms with E-state index in [-0.39, 0.29) is 12.7 Å². The second kappa shape index (κ2) is 3.88. The van der Waals surface area contributed by atoms with Crippen molar-refractivity contribution in [3.63, 3.8) is 0 Å². The van der Waals surface area contributed by atoms with Crippen LogP contribution < -0.4 is 5.32 Å². The Kier molecular flexibility index (Phi) is 3.08. The minimum Gasteiger partial charge on any atom is -0.394 e. The van der Waals surface area contributed by atoms with E-state index >= 15 is 0 Å². The Morgan fingerprint density at radius 2 is 2.50 bits per heavy atom. The normalized spacial score (nSPS) is 30.0. The number of aliphatic hydroxyl groups is 2. The number of hydrogen-bond donors (Lipinski definition) is 3. The van der Waals surface area contributed by atoms with Crippen molar-refractivity contribution in [2.24, 2.45) is 0 Å². The minimum absolute atomic E-state index is 0.230. The van der Waals surface area contributed by atoms with Crippen LogP contribution in [-0.2, 0) is 4.74 Å². The van der Waals surface area contributed by atoms with E-state index in [2.05, 4.69) is 5.32 Å². The first-order valence-electron chi connectivity index (χ1n) is 3.46. The van der Waals surface area contributed by atoms with E-state index in [1.807, 2.05) is 0 Å². The molecule has 4 heteroatoms. The first-order valence-corrected chi connectivity index (χ1v) is 3.46. The molecule has 2 atom stereocenters. The molecule has 0 spiro atoms. The highest BCUT2D eigenvalue weighted by molar-refractivity contribution is 4.73.